The largest absolute Gasteiger partial charge is 0.379 e. The average molecular weight is 277 g/mol. The molecule has 1 aromatic rings. The van der Waals surface area contributed by atoms with Gasteiger partial charge in [-0.25, -0.2) is 9.97 Å². The fourth-order valence-electron chi connectivity index (χ4n) is 2.96. The number of anilines is 1. The quantitative estimate of drug-likeness (QED) is 0.836. The number of ether oxygens (including phenoxy) is 1. The highest BCUT2D eigenvalue weighted by molar-refractivity contribution is 5.29. The zero-order valence-electron chi connectivity index (χ0n) is 12.0. The minimum atomic E-state index is 0.0887. The monoisotopic (exact) mass is 277 g/mol. The van der Waals surface area contributed by atoms with Gasteiger partial charge in [0, 0.05) is 56.6 Å². The third-order valence-corrected chi connectivity index (χ3v) is 4.42. The molecule has 2 N–H and O–H groups in total. The molecular weight excluding hydrogens is 254 g/mol. The summed E-state index contributed by atoms with van der Waals surface area (Å²) in [6.07, 6.45) is 3.59. The summed E-state index contributed by atoms with van der Waals surface area (Å²) in [6, 6.07) is 2.00. The molecular formula is C14H23N5O. The third-order valence-electron chi connectivity index (χ3n) is 4.42. The Kier molecular flexibility index (Phi) is 3.87. The fourth-order valence-corrected chi connectivity index (χ4v) is 2.96. The molecule has 1 aromatic heterocycles. The van der Waals surface area contributed by atoms with E-state index < -0.39 is 0 Å². The molecule has 2 fully saturated rings. The number of hydrogen-bond donors (Lipinski definition) is 1. The summed E-state index contributed by atoms with van der Waals surface area (Å²) in [5, 5.41) is 0. The van der Waals surface area contributed by atoms with Gasteiger partial charge in [-0.05, 0) is 6.07 Å². The van der Waals surface area contributed by atoms with Crippen molar-refractivity contribution in [2.45, 2.75) is 13.0 Å². The predicted octanol–water partition coefficient (Wildman–Crippen LogP) is -0.0376. The van der Waals surface area contributed by atoms with Crippen LogP contribution >= 0.6 is 0 Å². The van der Waals surface area contributed by atoms with E-state index in [1.165, 1.54) is 0 Å². The lowest BCUT2D eigenvalue weighted by Gasteiger charge is -2.39. The maximum absolute atomic E-state index is 6.17. The van der Waals surface area contributed by atoms with Gasteiger partial charge in [0.1, 0.15) is 0 Å². The summed E-state index contributed by atoms with van der Waals surface area (Å²) in [5.74, 6) is 0.833. The van der Waals surface area contributed by atoms with Gasteiger partial charge in [-0.15, -0.1) is 0 Å². The molecule has 0 bridgehead atoms. The van der Waals surface area contributed by atoms with Crippen molar-refractivity contribution in [1.82, 2.24) is 14.9 Å². The first-order valence-corrected chi connectivity index (χ1v) is 7.25. The third kappa shape index (κ3) is 2.77. The highest BCUT2D eigenvalue weighted by Gasteiger charge is 2.39. The number of nitrogens with two attached hydrogens (primary N) is 1. The van der Waals surface area contributed by atoms with Crippen LogP contribution in [0, 0.1) is 5.41 Å². The van der Waals surface area contributed by atoms with Crippen molar-refractivity contribution in [3.05, 3.63) is 18.5 Å². The molecule has 0 saturated carbocycles. The Morgan fingerprint density at radius 2 is 2.00 bits per heavy atom. The molecule has 2 aliphatic heterocycles. The topological polar surface area (TPSA) is 67.5 Å². The molecule has 2 aliphatic rings. The lowest BCUT2D eigenvalue weighted by molar-refractivity contribution is 0.115. The van der Waals surface area contributed by atoms with E-state index >= 15 is 0 Å². The lowest BCUT2D eigenvalue weighted by atomic mass is 9.85. The van der Waals surface area contributed by atoms with Crippen LogP contribution in [-0.4, -0.2) is 66.8 Å². The van der Waals surface area contributed by atoms with Crippen LogP contribution in [0.4, 0.5) is 5.95 Å². The maximum Gasteiger partial charge on any atom is 0.225 e. The first-order valence-electron chi connectivity index (χ1n) is 7.25. The average Bonchev–Trinajstić information content (AvgIpc) is 2.80. The second kappa shape index (κ2) is 5.63. The molecule has 3 heterocycles. The minimum absolute atomic E-state index is 0.0887. The molecule has 20 heavy (non-hydrogen) atoms. The molecule has 0 aromatic carbocycles. The molecule has 2 atom stereocenters. The second-order valence-electron chi connectivity index (χ2n) is 6.09. The zero-order valence-corrected chi connectivity index (χ0v) is 12.0. The lowest BCUT2D eigenvalue weighted by Crippen LogP contribution is -2.53. The van der Waals surface area contributed by atoms with Gasteiger partial charge < -0.3 is 15.4 Å². The minimum Gasteiger partial charge on any atom is -0.379 e. The summed E-state index contributed by atoms with van der Waals surface area (Å²) in [7, 11) is 0. The van der Waals surface area contributed by atoms with E-state index in [0.717, 1.165) is 45.3 Å². The van der Waals surface area contributed by atoms with Crippen molar-refractivity contribution >= 4 is 5.95 Å². The molecule has 2 unspecified atom stereocenters. The van der Waals surface area contributed by atoms with Crippen LogP contribution in [0.3, 0.4) is 0 Å². The molecule has 3 rings (SSSR count). The van der Waals surface area contributed by atoms with Crippen molar-refractivity contribution in [3.63, 3.8) is 0 Å². The number of piperazine rings is 1. The zero-order chi connectivity index (χ0) is 14.0. The molecule has 6 heteroatoms. The van der Waals surface area contributed by atoms with E-state index in [2.05, 4.69) is 26.7 Å². The number of rotatable bonds is 3. The fraction of sp³-hybridized carbons (Fsp3) is 0.714. The Labute approximate surface area is 119 Å². The molecule has 0 aliphatic carbocycles. The Bertz CT molecular complexity index is 434. The van der Waals surface area contributed by atoms with Gasteiger partial charge in [-0.1, -0.05) is 6.92 Å². The summed E-state index contributed by atoms with van der Waals surface area (Å²) < 4.78 is 5.52. The highest BCUT2D eigenvalue weighted by Crippen LogP contribution is 2.28. The van der Waals surface area contributed by atoms with Crippen LogP contribution in [0.25, 0.3) is 0 Å². The van der Waals surface area contributed by atoms with Crippen LogP contribution in [0.1, 0.15) is 6.92 Å². The van der Waals surface area contributed by atoms with Gasteiger partial charge in [-0.2, -0.15) is 0 Å². The summed E-state index contributed by atoms with van der Waals surface area (Å²) >= 11 is 0. The number of hydrogen-bond acceptors (Lipinski definition) is 6. The number of aromatic nitrogens is 2. The normalized spacial score (nSPS) is 31.7. The summed E-state index contributed by atoms with van der Waals surface area (Å²) in [5.41, 5.74) is 6.26. The first-order chi connectivity index (χ1) is 9.67. The SMILES string of the molecule is CC1(CN2CCN(c3ncccn3)CC2)COCC1N. The maximum atomic E-state index is 6.17. The van der Waals surface area contributed by atoms with Crippen LogP contribution in [0.2, 0.25) is 0 Å². The molecule has 0 radical (unpaired) electrons. The Morgan fingerprint density at radius 1 is 1.30 bits per heavy atom. The van der Waals surface area contributed by atoms with Crippen LogP contribution in [0.5, 0.6) is 0 Å². The van der Waals surface area contributed by atoms with E-state index in [1.807, 2.05) is 6.07 Å². The van der Waals surface area contributed by atoms with Gasteiger partial charge in [0.05, 0.1) is 13.2 Å². The van der Waals surface area contributed by atoms with E-state index in [4.69, 9.17) is 10.5 Å². The van der Waals surface area contributed by atoms with Gasteiger partial charge in [0.2, 0.25) is 5.95 Å². The van der Waals surface area contributed by atoms with E-state index in [1.54, 1.807) is 12.4 Å². The van der Waals surface area contributed by atoms with E-state index in [-0.39, 0.29) is 11.5 Å². The Morgan fingerprint density at radius 3 is 2.60 bits per heavy atom. The summed E-state index contributed by atoms with van der Waals surface area (Å²) in [6.45, 7) is 8.70. The molecule has 0 amide bonds. The predicted molar refractivity (Wildman–Crippen MR) is 77.6 cm³/mol. The van der Waals surface area contributed by atoms with Crippen LogP contribution < -0.4 is 10.6 Å². The van der Waals surface area contributed by atoms with Crippen molar-refractivity contribution in [1.29, 1.82) is 0 Å². The molecule has 110 valence electrons. The molecule has 2 saturated heterocycles. The van der Waals surface area contributed by atoms with Gasteiger partial charge in [0.25, 0.3) is 0 Å². The highest BCUT2D eigenvalue weighted by atomic mass is 16.5. The van der Waals surface area contributed by atoms with Gasteiger partial charge >= 0.3 is 0 Å². The first kappa shape index (κ1) is 13.7. The van der Waals surface area contributed by atoms with E-state index in [0.29, 0.717) is 6.61 Å². The molecule has 6 nitrogen and oxygen atoms in total. The van der Waals surface area contributed by atoms with Crippen LogP contribution in [-0.2, 0) is 4.74 Å². The van der Waals surface area contributed by atoms with Crippen molar-refractivity contribution in [2.75, 3.05) is 50.8 Å². The van der Waals surface area contributed by atoms with Gasteiger partial charge in [-0.3, -0.25) is 4.90 Å². The molecule has 0 spiro atoms. The smallest absolute Gasteiger partial charge is 0.225 e. The van der Waals surface area contributed by atoms with Crippen molar-refractivity contribution in [3.8, 4) is 0 Å². The second-order valence-corrected chi connectivity index (χ2v) is 6.09. The number of nitrogens with zero attached hydrogens (tertiary/aromatic N) is 4. The Hall–Kier alpha value is -1.24. The van der Waals surface area contributed by atoms with Crippen molar-refractivity contribution in [2.24, 2.45) is 11.1 Å². The standard InChI is InChI=1S/C14H23N5O/c1-14(11-20-9-12(14)15)10-18-5-7-19(8-6-18)13-16-3-2-4-17-13/h2-4,12H,5-11,15H2,1H3. The van der Waals surface area contributed by atoms with Gasteiger partial charge in [0.15, 0.2) is 0 Å². The Balaban J connectivity index is 1.54. The van der Waals surface area contributed by atoms with E-state index in [9.17, 15) is 0 Å². The summed E-state index contributed by atoms with van der Waals surface area (Å²) in [4.78, 5) is 13.3. The van der Waals surface area contributed by atoms with Crippen molar-refractivity contribution < 1.29 is 4.74 Å². The van der Waals surface area contributed by atoms with Crippen LogP contribution in [0.15, 0.2) is 18.5 Å².